The largest absolute Gasteiger partial charge is 0.368 e. The lowest BCUT2D eigenvalue weighted by atomic mass is 10.1. The van der Waals surface area contributed by atoms with Crippen LogP contribution in [0.25, 0.3) is 0 Å². The summed E-state index contributed by atoms with van der Waals surface area (Å²) in [7, 11) is 0. The number of primary amides is 1. The predicted octanol–water partition coefficient (Wildman–Crippen LogP) is 0.864. The minimum absolute atomic E-state index is 0.176. The van der Waals surface area contributed by atoms with Gasteiger partial charge < -0.3 is 11.1 Å². The van der Waals surface area contributed by atoms with Crippen LogP contribution in [0.2, 0.25) is 5.02 Å². The molecule has 0 radical (unpaired) electrons. The van der Waals surface area contributed by atoms with Crippen LogP contribution < -0.4 is 11.1 Å². The second-order valence-electron chi connectivity index (χ2n) is 3.17. The number of rotatable bonds is 3. The van der Waals surface area contributed by atoms with Crippen LogP contribution in [0.3, 0.4) is 0 Å². The summed E-state index contributed by atoms with van der Waals surface area (Å²) in [6, 6.07) is 4.96. The lowest BCUT2D eigenvalue weighted by molar-refractivity contribution is -0.117. The van der Waals surface area contributed by atoms with Crippen LogP contribution in [0.5, 0.6) is 0 Å². The van der Waals surface area contributed by atoms with Crippen LogP contribution in [-0.2, 0) is 4.79 Å². The molecular formula is C10H11ClN2O2. The maximum absolute atomic E-state index is 11.5. The first-order valence-electron chi connectivity index (χ1n) is 4.33. The molecule has 15 heavy (non-hydrogen) atoms. The molecule has 0 aliphatic heterocycles. The summed E-state index contributed by atoms with van der Waals surface area (Å²) in [5.74, 6) is -0.943. The number of carbonyl (C=O) groups is 2. The predicted molar refractivity (Wildman–Crippen MR) is 57.7 cm³/mol. The van der Waals surface area contributed by atoms with Crippen molar-refractivity contribution >= 4 is 23.4 Å². The Kier molecular flexibility index (Phi) is 3.68. The highest BCUT2D eigenvalue weighted by Gasteiger charge is 2.07. The van der Waals surface area contributed by atoms with Gasteiger partial charge in [-0.05, 0) is 30.7 Å². The second-order valence-corrected chi connectivity index (χ2v) is 3.60. The van der Waals surface area contributed by atoms with E-state index in [2.05, 4.69) is 5.32 Å². The maximum atomic E-state index is 11.5. The minimum atomic E-state index is -0.581. The van der Waals surface area contributed by atoms with E-state index in [0.29, 0.717) is 10.6 Å². The first kappa shape index (κ1) is 11.5. The fourth-order valence-electron chi connectivity index (χ4n) is 1.14. The van der Waals surface area contributed by atoms with Crippen LogP contribution in [0.15, 0.2) is 18.2 Å². The molecule has 0 spiro atoms. The maximum Gasteiger partial charge on any atom is 0.251 e. The normalized spacial score (nSPS) is 9.73. The van der Waals surface area contributed by atoms with E-state index >= 15 is 0 Å². The number of nitrogens with one attached hydrogen (secondary N) is 1. The van der Waals surface area contributed by atoms with E-state index in [1.54, 1.807) is 12.1 Å². The van der Waals surface area contributed by atoms with Gasteiger partial charge >= 0.3 is 0 Å². The van der Waals surface area contributed by atoms with Crippen molar-refractivity contribution in [3.05, 3.63) is 34.3 Å². The quantitative estimate of drug-likeness (QED) is 0.803. The van der Waals surface area contributed by atoms with Crippen molar-refractivity contribution in [1.29, 1.82) is 0 Å². The van der Waals surface area contributed by atoms with E-state index in [4.69, 9.17) is 17.3 Å². The number of amides is 2. The summed E-state index contributed by atoms with van der Waals surface area (Å²) in [6.07, 6.45) is 0. The molecule has 1 aromatic carbocycles. The fourth-order valence-corrected chi connectivity index (χ4v) is 1.43. The Labute approximate surface area is 92.4 Å². The van der Waals surface area contributed by atoms with Crippen molar-refractivity contribution in [2.75, 3.05) is 6.54 Å². The van der Waals surface area contributed by atoms with Crippen LogP contribution >= 0.6 is 11.6 Å². The molecule has 0 saturated heterocycles. The molecule has 2 amide bonds. The number of hydrogen-bond donors (Lipinski definition) is 2. The Morgan fingerprint density at radius 3 is 2.60 bits per heavy atom. The Hall–Kier alpha value is -1.55. The molecule has 0 heterocycles. The zero-order valence-electron chi connectivity index (χ0n) is 8.21. The van der Waals surface area contributed by atoms with Crippen LogP contribution in [0, 0.1) is 6.92 Å². The van der Waals surface area contributed by atoms with Gasteiger partial charge in [-0.1, -0.05) is 11.6 Å². The number of nitrogens with two attached hydrogens (primary N) is 1. The van der Waals surface area contributed by atoms with E-state index in [9.17, 15) is 9.59 Å². The molecule has 0 unspecified atom stereocenters. The first-order chi connectivity index (χ1) is 6.99. The lowest BCUT2D eigenvalue weighted by Gasteiger charge is -2.04. The highest BCUT2D eigenvalue weighted by Crippen LogP contribution is 2.14. The van der Waals surface area contributed by atoms with Gasteiger partial charge in [0.05, 0.1) is 6.54 Å². The monoisotopic (exact) mass is 226 g/mol. The van der Waals surface area contributed by atoms with Crippen LogP contribution in [0.4, 0.5) is 0 Å². The summed E-state index contributed by atoms with van der Waals surface area (Å²) in [4.78, 5) is 21.9. The molecule has 0 fully saturated rings. The second kappa shape index (κ2) is 4.79. The zero-order valence-corrected chi connectivity index (χ0v) is 8.97. The number of halogens is 1. The van der Waals surface area contributed by atoms with Gasteiger partial charge in [-0.15, -0.1) is 0 Å². The summed E-state index contributed by atoms with van der Waals surface area (Å²) < 4.78 is 0. The summed E-state index contributed by atoms with van der Waals surface area (Å²) in [5, 5.41) is 2.87. The van der Waals surface area contributed by atoms with Crippen molar-refractivity contribution in [1.82, 2.24) is 5.32 Å². The molecule has 0 bridgehead atoms. The molecule has 0 aromatic heterocycles. The van der Waals surface area contributed by atoms with E-state index in [1.807, 2.05) is 6.92 Å². The fraction of sp³-hybridized carbons (Fsp3) is 0.200. The molecule has 0 saturated carbocycles. The van der Waals surface area contributed by atoms with Crippen molar-refractivity contribution < 1.29 is 9.59 Å². The van der Waals surface area contributed by atoms with Gasteiger partial charge in [0.1, 0.15) is 0 Å². The molecule has 0 aliphatic carbocycles. The lowest BCUT2D eigenvalue weighted by Crippen LogP contribution is -2.33. The van der Waals surface area contributed by atoms with Gasteiger partial charge in [-0.25, -0.2) is 0 Å². The van der Waals surface area contributed by atoms with Gasteiger partial charge in [0.15, 0.2) is 0 Å². The molecule has 0 aliphatic rings. The Morgan fingerprint density at radius 2 is 2.07 bits per heavy atom. The van der Waals surface area contributed by atoms with Gasteiger partial charge in [-0.2, -0.15) is 0 Å². The molecule has 3 N–H and O–H groups in total. The van der Waals surface area contributed by atoms with E-state index in [-0.39, 0.29) is 12.5 Å². The van der Waals surface area contributed by atoms with Crippen LogP contribution in [-0.4, -0.2) is 18.4 Å². The molecule has 4 nitrogen and oxygen atoms in total. The SMILES string of the molecule is Cc1cc(Cl)cc(C(=O)NCC(N)=O)c1. The topological polar surface area (TPSA) is 72.2 Å². The number of benzene rings is 1. The molecule has 1 rings (SSSR count). The molecule has 1 aromatic rings. The third-order valence-corrected chi connectivity index (χ3v) is 1.95. The Balaban J connectivity index is 2.77. The summed E-state index contributed by atoms with van der Waals surface area (Å²) in [6.45, 7) is 1.65. The average molecular weight is 227 g/mol. The van der Waals surface area contributed by atoms with Gasteiger partial charge in [0.2, 0.25) is 5.91 Å². The van der Waals surface area contributed by atoms with Crippen molar-refractivity contribution in [2.45, 2.75) is 6.92 Å². The average Bonchev–Trinajstić information content (AvgIpc) is 2.12. The van der Waals surface area contributed by atoms with Crippen molar-refractivity contribution in [2.24, 2.45) is 5.73 Å². The highest BCUT2D eigenvalue weighted by atomic mass is 35.5. The van der Waals surface area contributed by atoms with E-state index in [1.165, 1.54) is 6.07 Å². The molecular weight excluding hydrogens is 216 g/mol. The highest BCUT2D eigenvalue weighted by molar-refractivity contribution is 6.31. The standard InChI is InChI=1S/C10H11ClN2O2/c1-6-2-7(4-8(11)3-6)10(15)13-5-9(12)14/h2-4H,5H2,1H3,(H2,12,14)(H,13,15). The number of hydrogen-bond acceptors (Lipinski definition) is 2. The Bertz CT molecular complexity index is 384. The van der Waals surface area contributed by atoms with Crippen molar-refractivity contribution in [3.63, 3.8) is 0 Å². The van der Waals surface area contributed by atoms with E-state index in [0.717, 1.165) is 5.56 Å². The molecule has 80 valence electrons. The minimum Gasteiger partial charge on any atom is -0.368 e. The summed E-state index contributed by atoms with van der Waals surface area (Å²) >= 11 is 5.79. The number of aryl methyl sites for hydroxylation is 1. The summed E-state index contributed by atoms with van der Waals surface area (Å²) in [5.41, 5.74) is 6.20. The third-order valence-electron chi connectivity index (χ3n) is 1.73. The van der Waals surface area contributed by atoms with Crippen LogP contribution in [0.1, 0.15) is 15.9 Å². The van der Waals surface area contributed by atoms with Gasteiger partial charge in [0, 0.05) is 10.6 Å². The van der Waals surface area contributed by atoms with Gasteiger partial charge in [-0.3, -0.25) is 9.59 Å². The van der Waals surface area contributed by atoms with E-state index < -0.39 is 5.91 Å². The molecule has 5 heteroatoms. The first-order valence-corrected chi connectivity index (χ1v) is 4.70. The number of carbonyl (C=O) groups excluding carboxylic acids is 2. The third kappa shape index (κ3) is 3.59. The Morgan fingerprint density at radius 1 is 1.40 bits per heavy atom. The molecule has 0 atom stereocenters. The van der Waals surface area contributed by atoms with Gasteiger partial charge in [0.25, 0.3) is 5.91 Å². The smallest absolute Gasteiger partial charge is 0.251 e. The van der Waals surface area contributed by atoms with Crippen molar-refractivity contribution in [3.8, 4) is 0 Å². The zero-order chi connectivity index (χ0) is 11.4.